The lowest BCUT2D eigenvalue weighted by atomic mass is 9.71. The predicted octanol–water partition coefficient (Wildman–Crippen LogP) is 1.85. The van der Waals surface area contributed by atoms with Crippen molar-refractivity contribution in [1.29, 1.82) is 0 Å². The van der Waals surface area contributed by atoms with Gasteiger partial charge in [0.25, 0.3) is 0 Å². The molecule has 6 rings (SSSR count). The Kier molecular flexibility index (Phi) is 0.742. The molecule has 0 aromatic carbocycles. The van der Waals surface area contributed by atoms with Crippen LogP contribution in [0.5, 0.6) is 0 Å². The van der Waals surface area contributed by atoms with Crippen LogP contribution in [-0.4, -0.2) is 10.1 Å². The summed E-state index contributed by atoms with van der Waals surface area (Å²) in [5, 5.41) is 0. The van der Waals surface area contributed by atoms with Crippen molar-refractivity contribution in [2.75, 3.05) is 0 Å². The number of ketones is 1. The molecule has 0 spiro atoms. The first-order valence-electron chi connectivity index (χ1n) is 5.46. The molecule has 6 bridgehead atoms. The van der Waals surface area contributed by atoms with Crippen molar-refractivity contribution in [1.82, 2.24) is 0 Å². The van der Waals surface area contributed by atoms with Crippen molar-refractivity contribution in [2.45, 2.75) is 17.2 Å². The first-order valence-corrected chi connectivity index (χ1v) is 6.25. The first-order chi connectivity index (χ1) is 6.23. The quantitative estimate of drug-likeness (QED) is 0.589. The third-order valence-electron chi connectivity index (χ3n) is 6.03. The molecule has 6 saturated carbocycles. The third kappa shape index (κ3) is 0.383. The number of carbonyl (C=O) groups is 1. The first kappa shape index (κ1) is 6.60. The number of hydrogen-bond donors (Lipinski definition) is 0. The van der Waals surface area contributed by atoms with Gasteiger partial charge in [-0.15, -0.1) is 0 Å². The molecule has 0 radical (unpaired) electrons. The normalized spacial score (nSPS) is 79.8. The number of Topliss-reactive ketones (excluding diaryl/α,β-unsaturated/α-hetero) is 1. The molecule has 6 aliphatic carbocycles. The van der Waals surface area contributed by atoms with Gasteiger partial charge in [-0.25, -0.2) is 0 Å². The molecule has 1 nitrogen and oxygen atoms in total. The van der Waals surface area contributed by atoms with Gasteiger partial charge < -0.3 is 0 Å². The van der Waals surface area contributed by atoms with Gasteiger partial charge in [-0.3, -0.25) is 4.79 Å². The van der Waals surface area contributed by atoms with Crippen LogP contribution in [0.1, 0.15) is 12.8 Å². The minimum Gasteiger partial charge on any atom is -0.299 e. The molecule has 0 N–H and O–H groups in total. The molecule has 0 aromatic rings. The monoisotopic (exact) mass is 238 g/mol. The molecule has 68 valence electrons. The average Bonchev–Trinajstić information content (AvgIpc) is 2.70. The standard InChI is InChI=1S/C11H11BrO/c12-11-2-5-3-1-4-6(5)9(11)10(13)7(4)8(3)11/h3-9H,1-2H2/t3-,4-,5+,6-,7-,8+,9-,11-/m0/s1. The Morgan fingerprint density at radius 3 is 2.92 bits per heavy atom. The Labute approximate surface area is 85.4 Å². The van der Waals surface area contributed by atoms with Gasteiger partial charge in [-0.1, -0.05) is 15.9 Å². The van der Waals surface area contributed by atoms with Crippen molar-refractivity contribution >= 4 is 21.7 Å². The van der Waals surface area contributed by atoms with Gasteiger partial charge in [-0.05, 0) is 42.4 Å². The molecule has 2 heteroatoms. The fourth-order valence-electron chi connectivity index (χ4n) is 6.19. The minimum atomic E-state index is 0.307. The number of alkyl halides is 1. The van der Waals surface area contributed by atoms with Crippen molar-refractivity contribution < 1.29 is 4.79 Å². The summed E-state index contributed by atoms with van der Waals surface area (Å²) in [6, 6.07) is 0. The molecule has 0 saturated heterocycles. The highest BCUT2D eigenvalue weighted by atomic mass is 79.9. The summed E-state index contributed by atoms with van der Waals surface area (Å²) in [4.78, 5) is 12.1. The average molecular weight is 239 g/mol. The number of halogens is 1. The summed E-state index contributed by atoms with van der Waals surface area (Å²) in [5.41, 5.74) is 0. The van der Waals surface area contributed by atoms with E-state index in [1.54, 1.807) is 0 Å². The molecule has 0 aromatic heterocycles. The third-order valence-corrected chi connectivity index (χ3v) is 7.38. The van der Waals surface area contributed by atoms with Crippen molar-refractivity contribution in [3.05, 3.63) is 0 Å². The van der Waals surface area contributed by atoms with Crippen LogP contribution >= 0.6 is 15.9 Å². The molecule has 0 aliphatic heterocycles. The second kappa shape index (κ2) is 1.46. The second-order valence-corrected chi connectivity index (χ2v) is 7.34. The van der Waals surface area contributed by atoms with Crippen molar-refractivity contribution in [2.24, 2.45) is 41.4 Å². The van der Waals surface area contributed by atoms with E-state index in [0.29, 0.717) is 21.9 Å². The maximum Gasteiger partial charge on any atom is 0.141 e. The van der Waals surface area contributed by atoms with Crippen LogP contribution in [0.25, 0.3) is 0 Å². The van der Waals surface area contributed by atoms with E-state index in [1.165, 1.54) is 12.8 Å². The smallest absolute Gasteiger partial charge is 0.141 e. The Morgan fingerprint density at radius 1 is 1.31 bits per heavy atom. The van der Waals surface area contributed by atoms with Crippen LogP contribution < -0.4 is 0 Å². The number of carbonyl (C=O) groups excluding carboxylic acids is 1. The van der Waals surface area contributed by atoms with E-state index in [1.807, 2.05) is 0 Å². The molecule has 0 heterocycles. The summed E-state index contributed by atoms with van der Waals surface area (Å²) < 4.78 is 0.307. The largest absolute Gasteiger partial charge is 0.299 e. The molecule has 0 unspecified atom stereocenters. The van der Waals surface area contributed by atoms with Gasteiger partial charge in [0.2, 0.25) is 0 Å². The number of rotatable bonds is 0. The van der Waals surface area contributed by atoms with Crippen LogP contribution in [0.3, 0.4) is 0 Å². The van der Waals surface area contributed by atoms with Crippen LogP contribution in [-0.2, 0) is 4.79 Å². The molecular formula is C11H11BrO. The van der Waals surface area contributed by atoms with E-state index in [-0.39, 0.29) is 0 Å². The highest BCUT2D eigenvalue weighted by molar-refractivity contribution is 9.10. The van der Waals surface area contributed by atoms with E-state index < -0.39 is 0 Å². The van der Waals surface area contributed by atoms with Gasteiger partial charge in [-0.2, -0.15) is 0 Å². The van der Waals surface area contributed by atoms with Crippen molar-refractivity contribution in [3.8, 4) is 0 Å². The van der Waals surface area contributed by atoms with E-state index in [0.717, 1.165) is 29.6 Å². The summed E-state index contributed by atoms with van der Waals surface area (Å²) >= 11 is 3.94. The molecule has 0 amide bonds. The fourth-order valence-corrected chi connectivity index (χ4v) is 7.72. The van der Waals surface area contributed by atoms with Crippen LogP contribution in [0.15, 0.2) is 0 Å². The second-order valence-electron chi connectivity index (χ2n) is 5.87. The SMILES string of the molecule is O=C1[C@H]2[C@H]3C[C@H]4[C@H]5C[C@](Br)([C@H]42)[C@H]1[C@H]53. The molecule has 8 atom stereocenters. The summed E-state index contributed by atoms with van der Waals surface area (Å²) in [5.74, 6) is 5.94. The maximum absolute atomic E-state index is 12.1. The van der Waals surface area contributed by atoms with Gasteiger partial charge in [0.05, 0.1) is 0 Å². The van der Waals surface area contributed by atoms with Crippen molar-refractivity contribution in [3.63, 3.8) is 0 Å². The summed E-state index contributed by atoms with van der Waals surface area (Å²) in [6.07, 6.45) is 2.73. The topological polar surface area (TPSA) is 17.1 Å². The van der Waals surface area contributed by atoms with E-state index >= 15 is 0 Å². The molecular weight excluding hydrogens is 228 g/mol. The highest BCUT2D eigenvalue weighted by Crippen LogP contribution is 2.84. The van der Waals surface area contributed by atoms with E-state index in [2.05, 4.69) is 15.9 Å². The van der Waals surface area contributed by atoms with Gasteiger partial charge in [0.15, 0.2) is 0 Å². The zero-order valence-corrected chi connectivity index (χ0v) is 8.83. The highest BCUT2D eigenvalue weighted by Gasteiger charge is 2.85. The Bertz CT molecular complexity index is 365. The lowest BCUT2D eigenvalue weighted by Gasteiger charge is -2.37. The molecule has 6 fully saturated rings. The predicted molar refractivity (Wildman–Crippen MR) is 50.3 cm³/mol. The minimum absolute atomic E-state index is 0.307. The van der Waals surface area contributed by atoms with Gasteiger partial charge in [0.1, 0.15) is 5.78 Å². The summed E-state index contributed by atoms with van der Waals surface area (Å²) in [6.45, 7) is 0. The Morgan fingerprint density at radius 2 is 2.15 bits per heavy atom. The van der Waals surface area contributed by atoms with E-state index in [9.17, 15) is 4.79 Å². The Hall–Kier alpha value is 0.150. The zero-order valence-electron chi connectivity index (χ0n) is 7.24. The van der Waals surface area contributed by atoms with Gasteiger partial charge >= 0.3 is 0 Å². The fraction of sp³-hybridized carbons (Fsp3) is 0.909. The molecule has 13 heavy (non-hydrogen) atoms. The van der Waals surface area contributed by atoms with Crippen LogP contribution in [0.2, 0.25) is 0 Å². The van der Waals surface area contributed by atoms with Gasteiger partial charge in [0, 0.05) is 16.2 Å². The maximum atomic E-state index is 12.1. The van der Waals surface area contributed by atoms with Crippen LogP contribution in [0.4, 0.5) is 0 Å². The van der Waals surface area contributed by atoms with E-state index in [4.69, 9.17) is 0 Å². The summed E-state index contributed by atoms with van der Waals surface area (Å²) in [7, 11) is 0. The lowest BCUT2D eigenvalue weighted by molar-refractivity contribution is -0.122. The zero-order chi connectivity index (χ0) is 8.53. The van der Waals surface area contributed by atoms with Crippen LogP contribution in [0, 0.1) is 41.4 Å². The molecule has 6 aliphatic rings. The Balaban J connectivity index is 1.94. The lowest BCUT2D eigenvalue weighted by Crippen LogP contribution is -2.39. The number of hydrogen-bond acceptors (Lipinski definition) is 1.